The van der Waals surface area contributed by atoms with Gasteiger partial charge >= 0.3 is 6.03 Å². The number of hydrogen-bond donors (Lipinski definition) is 3. The van der Waals surface area contributed by atoms with Gasteiger partial charge in [-0.1, -0.05) is 42.1 Å². The topological polar surface area (TPSA) is 97.1 Å². The third-order valence-corrected chi connectivity index (χ3v) is 4.50. The van der Waals surface area contributed by atoms with Crippen LogP contribution in [0.4, 0.5) is 9.80 Å². The summed E-state index contributed by atoms with van der Waals surface area (Å²) in [5.74, 6) is 0.0651. The molecule has 0 aliphatic heterocycles. The number of nitrogens with one attached hydrogen (secondary N) is 2. The van der Waals surface area contributed by atoms with E-state index in [4.69, 9.17) is 5.73 Å². The third-order valence-electron chi connectivity index (χ3n) is 2.58. The Morgan fingerprint density at radius 2 is 2.05 bits per heavy atom. The maximum Gasteiger partial charge on any atom is 0.319 e. The SMILES string of the molecule is CNC(=O)Nc1snc(SCc2ccccc2)c1C(N)=O. The Morgan fingerprint density at radius 3 is 2.67 bits per heavy atom. The minimum Gasteiger partial charge on any atom is -0.365 e. The maximum atomic E-state index is 11.6. The van der Waals surface area contributed by atoms with E-state index in [9.17, 15) is 9.59 Å². The van der Waals surface area contributed by atoms with Crippen LogP contribution >= 0.6 is 23.3 Å². The monoisotopic (exact) mass is 322 g/mol. The zero-order valence-electron chi connectivity index (χ0n) is 11.3. The number of rotatable bonds is 5. The summed E-state index contributed by atoms with van der Waals surface area (Å²) in [6.07, 6.45) is 0. The van der Waals surface area contributed by atoms with Crippen LogP contribution in [0.25, 0.3) is 0 Å². The molecule has 4 N–H and O–H groups in total. The summed E-state index contributed by atoms with van der Waals surface area (Å²) in [4.78, 5) is 22.9. The molecular formula is C13H14N4O2S2. The van der Waals surface area contributed by atoms with Gasteiger partial charge in [0.15, 0.2) is 0 Å². The fourth-order valence-corrected chi connectivity index (χ4v) is 3.49. The van der Waals surface area contributed by atoms with Crippen LogP contribution in [0.2, 0.25) is 0 Å². The number of amides is 3. The van der Waals surface area contributed by atoms with Crippen molar-refractivity contribution in [2.24, 2.45) is 5.73 Å². The first-order valence-corrected chi connectivity index (χ1v) is 7.82. The second-order valence-electron chi connectivity index (χ2n) is 4.03. The van der Waals surface area contributed by atoms with Gasteiger partial charge < -0.3 is 11.1 Å². The van der Waals surface area contributed by atoms with Crippen molar-refractivity contribution in [3.8, 4) is 0 Å². The number of nitrogens with two attached hydrogens (primary N) is 1. The summed E-state index contributed by atoms with van der Waals surface area (Å²) in [6.45, 7) is 0. The molecule has 3 amide bonds. The highest BCUT2D eigenvalue weighted by Gasteiger charge is 2.20. The van der Waals surface area contributed by atoms with Gasteiger partial charge in [0.05, 0.1) is 0 Å². The number of anilines is 1. The summed E-state index contributed by atoms with van der Waals surface area (Å²) in [6, 6.07) is 9.41. The average Bonchev–Trinajstić information content (AvgIpc) is 2.89. The molecular weight excluding hydrogens is 308 g/mol. The van der Waals surface area contributed by atoms with Crippen LogP contribution in [-0.2, 0) is 5.75 Å². The van der Waals surface area contributed by atoms with Crippen molar-refractivity contribution >= 4 is 40.2 Å². The molecule has 0 aliphatic carbocycles. The number of nitrogens with zero attached hydrogens (tertiary/aromatic N) is 1. The second-order valence-corrected chi connectivity index (χ2v) is 5.77. The first-order chi connectivity index (χ1) is 10.1. The van der Waals surface area contributed by atoms with Gasteiger partial charge in [0.1, 0.15) is 15.6 Å². The Bertz CT molecular complexity index is 643. The van der Waals surface area contributed by atoms with Crippen molar-refractivity contribution in [3.05, 3.63) is 41.5 Å². The molecule has 0 aliphatic rings. The number of primary amides is 1. The van der Waals surface area contributed by atoms with Gasteiger partial charge in [0, 0.05) is 12.8 Å². The zero-order chi connectivity index (χ0) is 15.2. The van der Waals surface area contributed by atoms with E-state index in [-0.39, 0.29) is 5.56 Å². The Hall–Kier alpha value is -2.06. The zero-order valence-corrected chi connectivity index (χ0v) is 12.9. The number of urea groups is 1. The lowest BCUT2D eigenvalue weighted by Crippen LogP contribution is -2.25. The lowest BCUT2D eigenvalue weighted by molar-refractivity contribution is 0.0998. The lowest BCUT2D eigenvalue weighted by Gasteiger charge is -2.04. The summed E-state index contributed by atoms with van der Waals surface area (Å²) >= 11 is 2.45. The predicted molar refractivity (Wildman–Crippen MR) is 84.7 cm³/mol. The van der Waals surface area contributed by atoms with Crippen molar-refractivity contribution in [1.29, 1.82) is 0 Å². The largest absolute Gasteiger partial charge is 0.365 e. The minimum atomic E-state index is -0.606. The molecule has 0 saturated carbocycles. The van der Waals surface area contributed by atoms with Gasteiger partial charge in [0.25, 0.3) is 5.91 Å². The molecule has 8 heteroatoms. The smallest absolute Gasteiger partial charge is 0.319 e. The quantitative estimate of drug-likeness (QED) is 0.736. The number of carbonyl (C=O) groups excluding carboxylic acids is 2. The van der Waals surface area contributed by atoms with Crippen LogP contribution < -0.4 is 16.4 Å². The van der Waals surface area contributed by atoms with Crippen LogP contribution in [0, 0.1) is 0 Å². The molecule has 0 atom stereocenters. The molecule has 0 saturated heterocycles. The average molecular weight is 322 g/mol. The van der Waals surface area contributed by atoms with E-state index in [0.29, 0.717) is 15.8 Å². The van der Waals surface area contributed by atoms with E-state index in [2.05, 4.69) is 15.0 Å². The van der Waals surface area contributed by atoms with E-state index in [0.717, 1.165) is 17.1 Å². The minimum absolute atomic E-state index is 0.254. The van der Waals surface area contributed by atoms with E-state index in [1.807, 2.05) is 30.3 Å². The Kier molecular flexibility index (Phi) is 5.18. The molecule has 0 bridgehead atoms. The van der Waals surface area contributed by atoms with Crippen LogP contribution in [-0.4, -0.2) is 23.4 Å². The number of benzene rings is 1. The van der Waals surface area contributed by atoms with Gasteiger partial charge in [0.2, 0.25) is 0 Å². The normalized spacial score (nSPS) is 10.1. The molecule has 0 unspecified atom stereocenters. The maximum absolute atomic E-state index is 11.6. The van der Waals surface area contributed by atoms with Gasteiger partial charge in [-0.3, -0.25) is 10.1 Å². The van der Waals surface area contributed by atoms with Crippen LogP contribution in [0.15, 0.2) is 35.4 Å². The molecule has 1 heterocycles. The van der Waals surface area contributed by atoms with E-state index in [1.54, 1.807) is 0 Å². The fraction of sp³-hybridized carbons (Fsp3) is 0.154. The lowest BCUT2D eigenvalue weighted by atomic mass is 10.2. The van der Waals surface area contributed by atoms with E-state index in [1.165, 1.54) is 18.8 Å². The Labute approximate surface area is 130 Å². The van der Waals surface area contributed by atoms with Crippen molar-refractivity contribution in [2.75, 3.05) is 12.4 Å². The molecule has 1 aromatic heterocycles. The second kappa shape index (κ2) is 7.09. The summed E-state index contributed by atoms with van der Waals surface area (Å²) in [7, 11) is 1.49. The summed E-state index contributed by atoms with van der Waals surface area (Å²) < 4.78 is 4.20. The highest BCUT2D eigenvalue weighted by atomic mass is 32.2. The predicted octanol–water partition coefficient (Wildman–Crippen LogP) is 2.29. The number of thioether (sulfide) groups is 1. The van der Waals surface area contributed by atoms with E-state index < -0.39 is 11.9 Å². The van der Waals surface area contributed by atoms with Gasteiger partial charge in [-0.25, -0.2) is 4.79 Å². The Morgan fingerprint density at radius 1 is 1.33 bits per heavy atom. The van der Waals surface area contributed by atoms with Crippen LogP contribution in [0.3, 0.4) is 0 Å². The molecule has 2 rings (SSSR count). The number of hydrogen-bond acceptors (Lipinski definition) is 5. The molecule has 0 radical (unpaired) electrons. The number of aromatic nitrogens is 1. The highest BCUT2D eigenvalue weighted by molar-refractivity contribution is 7.98. The first-order valence-electron chi connectivity index (χ1n) is 6.06. The molecule has 0 fully saturated rings. The fourth-order valence-electron chi connectivity index (χ4n) is 1.57. The molecule has 0 spiro atoms. The van der Waals surface area contributed by atoms with Crippen molar-refractivity contribution in [1.82, 2.24) is 9.69 Å². The van der Waals surface area contributed by atoms with Crippen molar-refractivity contribution in [2.45, 2.75) is 10.8 Å². The Balaban J connectivity index is 2.16. The summed E-state index contributed by atoms with van der Waals surface area (Å²) in [5.41, 5.74) is 6.76. The number of carbonyl (C=O) groups is 2. The van der Waals surface area contributed by atoms with Crippen molar-refractivity contribution in [3.63, 3.8) is 0 Å². The van der Waals surface area contributed by atoms with Crippen molar-refractivity contribution < 1.29 is 9.59 Å². The molecule has 2 aromatic rings. The standard InChI is InChI=1S/C13H14N4O2S2/c1-15-13(19)16-11-9(10(14)18)12(17-21-11)20-7-8-5-3-2-4-6-8/h2-6H,7H2,1H3,(H2,14,18)(H2,15,16,19). The van der Waals surface area contributed by atoms with Gasteiger partial charge in [-0.15, -0.1) is 0 Å². The molecule has 110 valence electrons. The van der Waals surface area contributed by atoms with Crippen LogP contribution in [0.1, 0.15) is 15.9 Å². The molecule has 6 nitrogen and oxygen atoms in total. The van der Waals surface area contributed by atoms with Gasteiger partial charge in [-0.2, -0.15) is 4.37 Å². The highest BCUT2D eigenvalue weighted by Crippen LogP contribution is 2.33. The third kappa shape index (κ3) is 3.96. The molecule has 1 aromatic carbocycles. The molecule has 21 heavy (non-hydrogen) atoms. The van der Waals surface area contributed by atoms with Gasteiger partial charge in [-0.05, 0) is 17.1 Å². The summed E-state index contributed by atoms with van der Waals surface area (Å²) in [5, 5.41) is 5.86. The van der Waals surface area contributed by atoms with E-state index >= 15 is 0 Å². The van der Waals surface area contributed by atoms with Crippen LogP contribution in [0.5, 0.6) is 0 Å². The first kappa shape index (κ1) is 15.3.